The summed E-state index contributed by atoms with van der Waals surface area (Å²) >= 11 is 3.46. The highest BCUT2D eigenvalue weighted by Gasteiger charge is 2.13. The van der Waals surface area contributed by atoms with Crippen LogP contribution in [0.1, 0.15) is 20.3 Å². The monoisotopic (exact) mass is 200 g/mol. The molecule has 0 radical (unpaired) electrons. The molecule has 0 bridgehead atoms. The summed E-state index contributed by atoms with van der Waals surface area (Å²) in [5.41, 5.74) is 0. The van der Waals surface area contributed by atoms with Crippen LogP contribution in [0, 0.1) is 11.8 Å². The van der Waals surface area contributed by atoms with Crippen LogP contribution in [0.3, 0.4) is 0 Å². The molecule has 2 atom stereocenters. The SMILES string of the molecule is CCC1C=CC(Br)=CC1C. The maximum absolute atomic E-state index is 3.46. The van der Waals surface area contributed by atoms with E-state index in [-0.39, 0.29) is 0 Å². The van der Waals surface area contributed by atoms with Gasteiger partial charge in [0, 0.05) is 4.48 Å². The van der Waals surface area contributed by atoms with Crippen molar-refractivity contribution in [3.8, 4) is 0 Å². The first kappa shape index (κ1) is 8.06. The molecule has 0 spiro atoms. The first-order valence-corrected chi connectivity index (χ1v) is 4.59. The van der Waals surface area contributed by atoms with Crippen LogP contribution in [-0.2, 0) is 0 Å². The molecule has 0 aromatic heterocycles. The van der Waals surface area contributed by atoms with Crippen LogP contribution in [0.2, 0.25) is 0 Å². The Morgan fingerprint density at radius 2 is 2.30 bits per heavy atom. The zero-order valence-electron chi connectivity index (χ0n) is 6.47. The van der Waals surface area contributed by atoms with Gasteiger partial charge < -0.3 is 0 Å². The predicted octanol–water partition coefficient (Wildman–Crippen LogP) is 3.50. The molecule has 1 aliphatic rings. The lowest BCUT2D eigenvalue weighted by atomic mass is 9.88. The van der Waals surface area contributed by atoms with Gasteiger partial charge in [0.1, 0.15) is 0 Å². The summed E-state index contributed by atoms with van der Waals surface area (Å²) in [5.74, 6) is 1.45. The molecule has 0 nitrogen and oxygen atoms in total. The Labute approximate surface area is 71.1 Å². The highest BCUT2D eigenvalue weighted by Crippen LogP contribution is 2.27. The van der Waals surface area contributed by atoms with E-state index in [1.54, 1.807) is 0 Å². The minimum Gasteiger partial charge on any atom is -0.0797 e. The topological polar surface area (TPSA) is 0 Å². The smallest absolute Gasteiger partial charge is 0.0135 e. The third-order valence-electron chi connectivity index (χ3n) is 2.07. The fraction of sp³-hybridized carbons (Fsp3) is 0.556. The van der Waals surface area contributed by atoms with Crippen molar-refractivity contribution in [3.05, 3.63) is 22.7 Å². The van der Waals surface area contributed by atoms with Crippen LogP contribution in [-0.4, -0.2) is 0 Å². The zero-order valence-corrected chi connectivity index (χ0v) is 8.06. The fourth-order valence-electron chi connectivity index (χ4n) is 1.33. The second-order valence-electron chi connectivity index (χ2n) is 2.84. The summed E-state index contributed by atoms with van der Waals surface area (Å²) in [6.45, 7) is 4.50. The molecular formula is C9H13Br. The van der Waals surface area contributed by atoms with Gasteiger partial charge in [0.05, 0.1) is 0 Å². The molecule has 0 N–H and O–H groups in total. The van der Waals surface area contributed by atoms with Gasteiger partial charge in [0.25, 0.3) is 0 Å². The minimum atomic E-state index is 0.698. The highest BCUT2D eigenvalue weighted by molar-refractivity contribution is 9.11. The van der Waals surface area contributed by atoms with E-state index in [0.29, 0.717) is 5.92 Å². The van der Waals surface area contributed by atoms with E-state index in [0.717, 1.165) is 5.92 Å². The Kier molecular flexibility index (Phi) is 2.72. The second kappa shape index (κ2) is 3.38. The van der Waals surface area contributed by atoms with Crippen LogP contribution in [0.4, 0.5) is 0 Å². The Balaban J connectivity index is 2.64. The maximum atomic E-state index is 3.46. The molecule has 0 saturated heterocycles. The molecule has 0 saturated carbocycles. The van der Waals surface area contributed by atoms with Gasteiger partial charge in [-0.25, -0.2) is 0 Å². The van der Waals surface area contributed by atoms with Gasteiger partial charge in [-0.1, -0.05) is 48.0 Å². The summed E-state index contributed by atoms with van der Waals surface area (Å²) < 4.78 is 1.23. The van der Waals surface area contributed by atoms with E-state index in [1.165, 1.54) is 10.9 Å². The van der Waals surface area contributed by atoms with Crippen LogP contribution >= 0.6 is 15.9 Å². The van der Waals surface area contributed by atoms with Crippen LogP contribution in [0.5, 0.6) is 0 Å². The summed E-state index contributed by atoms with van der Waals surface area (Å²) in [4.78, 5) is 0. The minimum absolute atomic E-state index is 0.698. The predicted molar refractivity (Wildman–Crippen MR) is 49.1 cm³/mol. The van der Waals surface area contributed by atoms with Crippen molar-refractivity contribution < 1.29 is 0 Å². The lowest BCUT2D eigenvalue weighted by molar-refractivity contribution is 0.491. The molecule has 2 unspecified atom stereocenters. The van der Waals surface area contributed by atoms with Crippen LogP contribution in [0.25, 0.3) is 0 Å². The van der Waals surface area contributed by atoms with Crippen molar-refractivity contribution >= 4 is 15.9 Å². The van der Waals surface area contributed by atoms with Crippen LogP contribution < -0.4 is 0 Å². The van der Waals surface area contributed by atoms with Crippen molar-refractivity contribution in [2.45, 2.75) is 20.3 Å². The normalized spacial score (nSPS) is 32.1. The Hall–Kier alpha value is -0.0400. The molecule has 10 heavy (non-hydrogen) atoms. The molecule has 0 aromatic rings. The summed E-state index contributed by atoms with van der Waals surface area (Å²) in [6.07, 6.45) is 7.95. The molecule has 0 heterocycles. The third kappa shape index (κ3) is 1.72. The van der Waals surface area contributed by atoms with Crippen LogP contribution in [0.15, 0.2) is 22.7 Å². The Bertz CT molecular complexity index is 168. The zero-order chi connectivity index (χ0) is 7.56. The van der Waals surface area contributed by atoms with E-state index >= 15 is 0 Å². The first-order valence-electron chi connectivity index (χ1n) is 3.79. The lowest BCUT2D eigenvalue weighted by Crippen LogP contribution is -2.08. The Morgan fingerprint density at radius 3 is 2.80 bits per heavy atom. The number of allylic oxidation sites excluding steroid dienone is 4. The molecule has 1 rings (SSSR count). The highest BCUT2D eigenvalue weighted by atomic mass is 79.9. The van der Waals surface area contributed by atoms with Gasteiger partial charge in [0.15, 0.2) is 0 Å². The molecule has 0 fully saturated rings. The van der Waals surface area contributed by atoms with Crippen molar-refractivity contribution in [1.29, 1.82) is 0 Å². The number of hydrogen-bond acceptors (Lipinski definition) is 0. The van der Waals surface area contributed by atoms with Gasteiger partial charge in [-0.2, -0.15) is 0 Å². The average Bonchev–Trinajstić information content (AvgIpc) is 1.88. The average molecular weight is 201 g/mol. The van der Waals surface area contributed by atoms with Crippen molar-refractivity contribution in [2.75, 3.05) is 0 Å². The fourth-order valence-corrected chi connectivity index (χ4v) is 1.90. The van der Waals surface area contributed by atoms with E-state index in [9.17, 15) is 0 Å². The largest absolute Gasteiger partial charge is 0.0797 e. The summed E-state index contributed by atoms with van der Waals surface area (Å²) in [6, 6.07) is 0. The van der Waals surface area contributed by atoms with Crippen molar-refractivity contribution in [2.24, 2.45) is 11.8 Å². The lowest BCUT2D eigenvalue weighted by Gasteiger charge is -2.19. The van der Waals surface area contributed by atoms with E-state index < -0.39 is 0 Å². The number of halogens is 1. The number of rotatable bonds is 1. The molecule has 0 amide bonds. The molecule has 0 aliphatic heterocycles. The first-order chi connectivity index (χ1) is 4.74. The standard InChI is InChI=1S/C9H13Br/c1-3-8-4-5-9(10)6-7(8)2/h4-8H,3H2,1-2H3. The molecular weight excluding hydrogens is 188 g/mol. The third-order valence-corrected chi connectivity index (χ3v) is 2.60. The second-order valence-corrected chi connectivity index (χ2v) is 3.76. The molecule has 1 aliphatic carbocycles. The summed E-state index contributed by atoms with van der Waals surface area (Å²) in [7, 11) is 0. The van der Waals surface area contributed by atoms with E-state index in [1.807, 2.05) is 0 Å². The summed E-state index contributed by atoms with van der Waals surface area (Å²) in [5, 5.41) is 0. The van der Waals surface area contributed by atoms with E-state index in [2.05, 4.69) is 48.0 Å². The van der Waals surface area contributed by atoms with Gasteiger partial charge >= 0.3 is 0 Å². The Morgan fingerprint density at radius 1 is 1.60 bits per heavy atom. The van der Waals surface area contributed by atoms with Gasteiger partial charge in [-0.05, 0) is 18.3 Å². The van der Waals surface area contributed by atoms with Gasteiger partial charge in [-0.15, -0.1) is 0 Å². The molecule has 56 valence electrons. The van der Waals surface area contributed by atoms with Gasteiger partial charge in [0.2, 0.25) is 0 Å². The maximum Gasteiger partial charge on any atom is 0.0135 e. The van der Waals surface area contributed by atoms with E-state index in [4.69, 9.17) is 0 Å². The number of hydrogen-bond donors (Lipinski definition) is 0. The quantitative estimate of drug-likeness (QED) is 0.609. The van der Waals surface area contributed by atoms with Gasteiger partial charge in [-0.3, -0.25) is 0 Å². The van der Waals surface area contributed by atoms with Crippen molar-refractivity contribution in [3.63, 3.8) is 0 Å². The molecule has 0 aromatic carbocycles. The molecule has 1 heteroatoms. The van der Waals surface area contributed by atoms with Crippen molar-refractivity contribution in [1.82, 2.24) is 0 Å².